The molecule has 10 heteroatoms. The molecule has 0 aliphatic carbocycles. The van der Waals surface area contributed by atoms with Crippen LogP contribution >= 0.6 is 11.6 Å². The van der Waals surface area contributed by atoms with Crippen molar-refractivity contribution < 1.29 is 22.7 Å². The molecule has 8 nitrogen and oxygen atoms in total. The highest BCUT2D eigenvalue weighted by Gasteiger charge is 2.31. The van der Waals surface area contributed by atoms with E-state index in [1.54, 1.807) is 42.1 Å². The van der Waals surface area contributed by atoms with E-state index in [1.165, 1.54) is 0 Å². The third-order valence-electron chi connectivity index (χ3n) is 5.13. The zero-order valence-corrected chi connectivity index (χ0v) is 18.9. The van der Waals surface area contributed by atoms with E-state index in [1.807, 2.05) is 24.3 Å². The first kappa shape index (κ1) is 22.2. The van der Waals surface area contributed by atoms with E-state index in [4.69, 9.17) is 21.1 Å². The minimum absolute atomic E-state index is 0.0130. The molecule has 2 aromatic carbocycles. The maximum Gasteiger partial charge on any atom is 0.263 e. The van der Waals surface area contributed by atoms with Gasteiger partial charge in [0.05, 0.1) is 30.4 Å². The number of methoxy groups -OCH3 is 1. The van der Waals surface area contributed by atoms with Gasteiger partial charge in [-0.15, -0.1) is 0 Å². The van der Waals surface area contributed by atoms with Gasteiger partial charge in [0.2, 0.25) is 0 Å². The number of rotatable bonds is 7. The van der Waals surface area contributed by atoms with Crippen molar-refractivity contribution in [3.05, 3.63) is 59.6 Å². The Kier molecular flexibility index (Phi) is 6.38. The number of amides is 1. The lowest BCUT2D eigenvalue weighted by Crippen LogP contribution is -2.23. The monoisotopic (exact) mass is 475 g/mol. The highest BCUT2D eigenvalue weighted by atomic mass is 35.5. The summed E-state index contributed by atoms with van der Waals surface area (Å²) in [5, 5.41) is 7.98. The van der Waals surface area contributed by atoms with Crippen molar-refractivity contribution in [2.45, 2.75) is 12.5 Å². The fourth-order valence-corrected chi connectivity index (χ4v) is 5.31. The number of anilines is 1. The normalized spacial score (nSPS) is 17.1. The molecule has 1 aliphatic heterocycles. The van der Waals surface area contributed by atoms with Crippen LogP contribution in [0.15, 0.2) is 54.6 Å². The van der Waals surface area contributed by atoms with Crippen molar-refractivity contribution in [1.82, 2.24) is 9.78 Å². The van der Waals surface area contributed by atoms with E-state index >= 15 is 0 Å². The predicted molar refractivity (Wildman–Crippen MR) is 122 cm³/mol. The molecule has 0 radical (unpaired) electrons. The van der Waals surface area contributed by atoms with Gasteiger partial charge in [-0.3, -0.25) is 4.79 Å². The number of nitrogens with zero attached hydrogens (tertiary/aromatic N) is 2. The molecule has 0 saturated carbocycles. The Labute approximate surface area is 191 Å². The number of carbonyl (C=O) groups is 1. The number of benzene rings is 2. The molecule has 1 aromatic heterocycles. The number of halogens is 1. The lowest BCUT2D eigenvalue weighted by Gasteiger charge is -2.14. The van der Waals surface area contributed by atoms with Gasteiger partial charge in [0.15, 0.2) is 16.4 Å². The molecule has 1 saturated heterocycles. The van der Waals surface area contributed by atoms with Crippen molar-refractivity contribution >= 4 is 33.2 Å². The highest BCUT2D eigenvalue weighted by Crippen LogP contribution is 2.31. The lowest BCUT2D eigenvalue weighted by molar-refractivity contribution is -0.118. The van der Waals surface area contributed by atoms with Crippen LogP contribution in [0, 0.1) is 0 Å². The second kappa shape index (κ2) is 9.22. The summed E-state index contributed by atoms with van der Waals surface area (Å²) in [5.41, 5.74) is 1.43. The van der Waals surface area contributed by atoms with Crippen LogP contribution in [0.25, 0.3) is 11.3 Å². The molecule has 32 heavy (non-hydrogen) atoms. The van der Waals surface area contributed by atoms with Gasteiger partial charge in [-0.2, -0.15) is 5.10 Å². The minimum atomic E-state index is -3.13. The van der Waals surface area contributed by atoms with Crippen molar-refractivity contribution in [3.63, 3.8) is 0 Å². The third kappa shape index (κ3) is 5.23. The summed E-state index contributed by atoms with van der Waals surface area (Å²) in [6.45, 7) is -0.215. The number of ether oxygens (including phenoxy) is 2. The van der Waals surface area contributed by atoms with Crippen LogP contribution in [0.2, 0.25) is 5.02 Å². The second-order valence-corrected chi connectivity index (χ2v) is 10.1. The molecule has 3 aromatic rings. The highest BCUT2D eigenvalue weighted by molar-refractivity contribution is 7.91. The third-order valence-corrected chi connectivity index (χ3v) is 7.13. The largest absolute Gasteiger partial charge is 0.497 e. The van der Waals surface area contributed by atoms with Crippen LogP contribution in [-0.2, 0) is 14.6 Å². The van der Waals surface area contributed by atoms with Gasteiger partial charge in [0, 0.05) is 16.7 Å². The molecule has 1 amide bonds. The van der Waals surface area contributed by atoms with E-state index in [-0.39, 0.29) is 30.1 Å². The van der Waals surface area contributed by atoms with E-state index in [9.17, 15) is 13.2 Å². The van der Waals surface area contributed by atoms with Crippen molar-refractivity contribution in [1.29, 1.82) is 0 Å². The number of nitrogens with one attached hydrogen (secondary N) is 1. The molecule has 2 heterocycles. The Bertz CT molecular complexity index is 1210. The van der Waals surface area contributed by atoms with Crippen LogP contribution in [-0.4, -0.2) is 49.3 Å². The molecule has 0 bridgehead atoms. The maximum atomic E-state index is 12.5. The van der Waals surface area contributed by atoms with Crippen molar-refractivity contribution in [2.24, 2.45) is 0 Å². The van der Waals surface area contributed by atoms with Crippen LogP contribution in [0.4, 0.5) is 5.82 Å². The quantitative estimate of drug-likeness (QED) is 0.560. The van der Waals surface area contributed by atoms with Crippen molar-refractivity contribution in [3.8, 4) is 22.8 Å². The average molecular weight is 476 g/mol. The summed E-state index contributed by atoms with van der Waals surface area (Å²) >= 11 is 5.86. The molecule has 168 valence electrons. The zero-order chi connectivity index (χ0) is 22.7. The number of sulfone groups is 1. The minimum Gasteiger partial charge on any atom is -0.497 e. The lowest BCUT2D eigenvalue weighted by atomic mass is 10.1. The Morgan fingerprint density at radius 2 is 1.84 bits per heavy atom. The van der Waals surface area contributed by atoms with Gasteiger partial charge in [0.25, 0.3) is 5.91 Å². The summed E-state index contributed by atoms with van der Waals surface area (Å²) in [6, 6.07) is 15.4. The van der Waals surface area contributed by atoms with E-state index in [2.05, 4.69) is 10.4 Å². The first-order chi connectivity index (χ1) is 15.3. The summed E-state index contributed by atoms with van der Waals surface area (Å²) in [4.78, 5) is 12.5. The molecule has 0 spiro atoms. The fourth-order valence-electron chi connectivity index (χ4n) is 3.50. The van der Waals surface area contributed by atoms with Gasteiger partial charge >= 0.3 is 0 Å². The van der Waals surface area contributed by atoms with E-state index < -0.39 is 9.84 Å². The van der Waals surface area contributed by atoms with Gasteiger partial charge < -0.3 is 14.8 Å². The van der Waals surface area contributed by atoms with E-state index in [0.29, 0.717) is 34.5 Å². The van der Waals surface area contributed by atoms with Crippen LogP contribution in [0.1, 0.15) is 12.5 Å². The molecule has 1 N–H and O–H groups in total. The fraction of sp³-hybridized carbons (Fsp3) is 0.273. The Morgan fingerprint density at radius 3 is 2.47 bits per heavy atom. The molecule has 1 atom stereocenters. The Balaban J connectivity index is 1.55. The first-order valence-corrected chi connectivity index (χ1v) is 12.2. The SMILES string of the molecule is COc1ccc(-c2cc(NC(=O)COc3ccc(Cl)cc3)n(C3CCS(=O)(=O)C3)n2)cc1. The topological polar surface area (TPSA) is 99.5 Å². The summed E-state index contributed by atoms with van der Waals surface area (Å²) in [5.74, 6) is 1.34. The average Bonchev–Trinajstić information content (AvgIpc) is 3.36. The number of hydrogen-bond acceptors (Lipinski definition) is 6. The van der Waals surface area contributed by atoms with Gasteiger partial charge in [-0.1, -0.05) is 11.6 Å². The van der Waals surface area contributed by atoms with Gasteiger partial charge in [0.1, 0.15) is 17.3 Å². The number of carbonyl (C=O) groups excluding carboxylic acids is 1. The van der Waals surface area contributed by atoms with Crippen LogP contribution < -0.4 is 14.8 Å². The number of aromatic nitrogens is 2. The smallest absolute Gasteiger partial charge is 0.263 e. The Hall–Kier alpha value is -3.04. The number of hydrogen-bond donors (Lipinski definition) is 1. The summed E-state index contributed by atoms with van der Waals surface area (Å²) in [7, 11) is -1.54. The van der Waals surface area contributed by atoms with Crippen LogP contribution in [0.5, 0.6) is 11.5 Å². The first-order valence-electron chi connectivity index (χ1n) is 9.95. The zero-order valence-electron chi connectivity index (χ0n) is 17.3. The molecule has 1 aliphatic rings. The standard InChI is InChI=1S/C22H22ClN3O5S/c1-30-18-6-2-15(3-7-18)20-12-21(26(25-20)17-10-11-32(28,29)14-17)24-22(27)13-31-19-8-4-16(23)5-9-19/h2-9,12,17H,10-11,13-14H2,1H3,(H,24,27). The molecule has 4 rings (SSSR count). The maximum absolute atomic E-state index is 12.5. The van der Waals surface area contributed by atoms with Crippen molar-refractivity contribution in [2.75, 3.05) is 30.5 Å². The van der Waals surface area contributed by atoms with Crippen LogP contribution in [0.3, 0.4) is 0 Å². The summed E-state index contributed by atoms with van der Waals surface area (Å²) in [6.07, 6.45) is 0.441. The molecular formula is C22H22ClN3O5S. The Morgan fingerprint density at radius 1 is 1.16 bits per heavy atom. The molecule has 1 unspecified atom stereocenters. The second-order valence-electron chi connectivity index (χ2n) is 7.44. The molecular weight excluding hydrogens is 454 g/mol. The van der Waals surface area contributed by atoms with Gasteiger partial charge in [-0.25, -0.2) is 13.1 Å². The van der Waals surface area contributed by atoms with E-state index in [0.717, 1.165) is 5.56 Å². The van der Waals surface area contributed by atoms with Gasteiger partial charge in [-0.05, 0) is 55.0 Å². The predicted octanol–water partition coefficient (Wildman–Crippen LogP) is 3.59. The summed E-state index contributed by atoms with van der Waals surface area (Å²) < 4.78 is 36.3. The molecule has 1 fully saturated rings.